The molecule has 0 spiro atoms. The molecule has 0 aromatic carbocycles. The van der Waals surface area contributed by atoms with Gasteiger partial charge >= 0.3 is 0 Å². The monoisotopic (exact) mass is 163 g/mol. The molecule has 9 heavy (non-hydrogen) atoms. The van der Waals surface area contributed by atoms with Gasteiger partial charge in [-0.1, -0.05) is 10.3 Å². The fraction of sp³-hybridized carbons (Fsp3) is 0. The number of aromatic nitrogens is 3. The molecule has 1 rings (SSSR count). The van der Waals surface area contributed by atoms with Gasteiger partial charge in [0.15, 0.2) is 4.45 Å². The number of nitrogens with zero attached hydrogens (tertiary/aromatic N) is 3. The molecule has 1 aromatic rings. The molecular weight excluding hydrogens is 162 g/mol. The highest BCUT2D eigenvalue weighted by Crippen LogP contribution is 1.99. The first kappa shape index (κ1) is 6.44. The van der Waals surface area contributed by atoms with Crippen LogP contribution in [0.1, 0.15) is 0 Å². The quantitative estimate of drug-likeness (QED) is 0.443. The molecular formula is C3H2ClN3OS. The Labute approximate surface area is 61.0 Å². The van der Waals surface area contributed by atoms with Crippen molar-refractivity contribution in [2.24, 2.45) is 0 Å². The third kappa shape index (κ3) is 1.36. The lowest BCUT2D eigenvalue weighted by atomic mass is 10.8. The average Bonchev–Trinajstić information content (AvgIpc) is 2.14. The van der Waals surface area contributed by atoms with E-state index in [9.17, 15) is 0 Å². The number of aromatic hydroxyl groups is 1. The maximum absolute atomic E-state index is 8.59. The van der Waals surface area contributed by atoms with E-state index in [1.165, 1.54) is 6.20 Å². The Hall–Kier alpha value is -0.680. The second-order valence-electron chi connectivity index (χ2n) is 1.27. The van der Waals surface area contributed by atoms with Crippen molar-refractivity contribution in [3.63, 3.8) is 0 Å². The first-order valence-corrected chi connectivity index (χ1v) is 2.80. The van der Waals surface area contributed by atoms with E-state index in [-0.39, 0.29) is 10.3 Å². The summed E-state index contributed by atoms with van der Waals surface area (Å²) < 4.78 is 1.12. The highest BCUT2D eigenvalue weighted by molar-refractivity contribution is 7.83. The minimum atomic E-state index is -0.196. The molecule has 0 amide bonds. The molecule has 0 saturated carbocycles. The van der Waals surface area contributed by atoms with E-state index >= 15 is 0 Å². The lowest BCUT2D eigenvalue weighted by molar-refractivity contribution is 0.452. The summed E-state index contributed by atoms with van der Waals surface area (Å²) in [5.74, 6) is -0.196. The Morgan fingerprint density at radius 1 is 1.89 bits per heavy atom. The third-order valence-electron chi connectivity index (χ3n) is 0.661. The van der Waals surface area contributed by atoms with Gasteiger partial charge in [0.1, 0.15) is 0 Å². The van der Waals surface area contributed by atoms with Gasteiger partial charge in [-0.2, -0.15) is 4.68 Å². The van der Waals surface area contributed by atoms with E-state index in [0.717, 1.165) is 4.68 Å². The molecule has 0 radical (unpaired) electrons. The molecule has 0 unspecified atom stereocenters. The first-order valence-electron chi connectivity index (χ1n) is 2.01. The fourth-order valence-electron chi connectivity index (χ4n) is 0.341. The van der Waals surface area contributed by atoms with Crippen LogP contribution in [0.25, 0.3) is 0 Å². The molecule has 0 fully saturated rings. The maximum Gasteiger partial charge on any atom is 0.251 e. The summed E-state index contributed by atoms with van der Waals surface area (Å²) in [5, 5.41) is 15.2. The van der Waals surface area contributed by atoms with Crippen LogP contribution in [0.15, 0.2) is 6.20 Å². The number of rotatable bonds is 0. The zero-order valence-corrected chi connectivity index (χ0v) is 5.72. The third-order valence-corrected chi connectivity index (χ3v) is 1.02. The largest absolute Gasteiger partial charge is 0.491 e. The molecule has 0 aliphatic rings. The smallest absolute Gasteiger partial charge is 0.251 e. The van der Waals surface area contributed by atoms with Crippen LogP contribution < -0.4 is 0 Å². The minimum absolute atomic E-state index is 0.0304. The second kappa shape index (κ2) is 2.28. The maximum atomic E-state index is 8.59. The Balaban J connectivity index is 2.98. The average molecular weight is 164 g/mol. The molecule has 6 heteroatoms. The van der Waals surface area contributed by atoms with Crippen molar-refractivity contribution in [3.05, 3.63) is 6.20 Å². The highest BCUT2D eigenvalue weighted by atomic mass is 35.5. The van der Waals surface area contributed by atoms with Crippen molar-refractivity contribution in [2.75, 3.05) is 0 Å². The van der Waals surface area contributed by atoms with E-state index in [2.05, 4.69) is 22.5 Å². The molecule has 1 aromatic heterocycles. The minimum Gasteiger partial charge on any atom is -0.491 e. The normalized spacial score (nSPS) is 9.44. The van der Waals surface area contributed by atoms with Gasteiger partial charge < -0.3 is 5.11 Å². The summed E-state index contributed by atoms with van der Waals surface area (Å²) in [6.45, 7) is 0. The zero-order chi connectivity index (χ0) is 6.85. The zero-order valence-electron chi connectivity index (χ0n) is 4.15. The number of thiocarbonyl (C=S) groups is 1. The van der Waals surface area contributed by atoms with Crippen LogP contribution in [-0.4, -0.2) is 24.5 Å². The van der Waals surface area contributed by atoms with Crippen LogP contribution in [0.2, 0.25) is 0 Å². The van der Waals surface area contributed by atoms with Gasteiger partial charge in [0.2, 0.25) is 0 Å². The number of halogens is 1. The van der Waals surface area contributed by atoms with E-state index in [1.54, 1.807) is 0 Å². The van der Waals surface area contributed by atoms with Gasteiger partial charge in [0, 0.05) is 0 Å². The van der Waals surface area contributed by atoms with Crippen molar-refractivity contribution < 1.29 is 5.11 Å². The molecule has 0 atom stereocenters. The van der Waals surface area contributed by atoms with E-state index < -0.39 is 0 Å². The molecule has 0 aliphatic heterocycles. The Kier molecular flexibility index (Phi) is 1.63. The molecule has 1 heterocycles. The Bertz CT molecular complexity index is 235. The van der Waals surface area contributed by atoms with Gasteiger partial charge in [0.25, 0.3) is 5.88 Å². The van der Waals surface area contributed by atoms with Gasteiger partial charge in [-0.15, -0.1) is 0 Å². The summed E-state index contributed by atoms with van der Waals surface area (Å²) in [5.41, 5.74) is 0. The van der Waals surface area contributed by atoms with E-state index in [1.807, 2.05) is 0 Å². The van der Waals surface area contributed by atoms with Gasteiger partial charge in [-0.25, -0.2) is 0 Å². The highest BCUT2D eigenvalue weighted by Gasteiger charge is 1.98. The summed E-state index contributed by atoms with van der Waals surface area (Å²) in [7, 11) is 0. The van der Waals surface area contributed by atoms with Crippen LogP contribution in [-0.2, 0) is 0 Å². The van der Waals surface area contributed by atoms with Crippen LogP contribution in [0.4, 0.5) is 0 Å². The molecule has 48 valence electrons. The SMILES string of the molecule is Oc1cn(C(=S)Cl)nn1. The number of hydrogen-bond acceptors (Lipinski definition) is 4. The van der Waals surface area contributed by atoms with E-state index in [0.29, 0.717) is 0 Å². The lowest BCUT2D eigenvalue weighted by Gasteiger charge is -1.85. The van der Waals surface area contributed by atoms with Crippen LogP contribution in [0.5, 0.6) is 5.88 Å². The van der Waals surface area contributed by atoms with Crippen molar-refractivity contribution in [3.8, 4) is 5.88 Å². The summed E-state index contributed by atoms with van der Waals surface area (Å²) >= 11 is 9.79. The molecule has 0 aliphatic carbocycles. The van der Waals surface area contributed by atoms with Crippen LogP contribution in [0.3, 0.4) is 0 Å². The van der Waals surface area contributed by atoms with Crippen molar-refractivity contribution in [1.29, 1.82) is 0 Å². The predicted octanol–water partition coefficient (Wildman–Crippen LogP) is 0.355. The standard InChI is InChI=1S/C3H2ClN3OS/c4-3(9)7-1-2(8)5-6-7/h1,8H. The van der Waals surface area contributed by atoms with Crippen LogP contribution in [0, 0.1) is 0 Å². The lowest BCUT2D eigenvalue weighted by Crippen LogP contribution is -2.01. The van der Waals surface area contributed by atoms with E-state index in [4.69, 9.17) is 16.7 Å². The fourth-order valence-corrected chi connectivity index (χ4v) is 0.513. The summed E-state index contributed by atoms with van der Waals surface area (Å²) in [4.78, 5) is 0. The second-order valence-corrected chi connectivity index (χ2v) is 2.24. The Morgan fingerprint density at radius 2 is 2.56 bits per heavy atom. The van der Waals surface area contributed by atoms with Crippen LogP contribution >= 0.6 is 23.8 Å². The summed E-state index contributed by atoms with van der Waals surface area (Å²) in [6, 6.07) is 0. The summed E-state index contributed by atoms with van der Waals surface area (Å²) in [6.07, 6.45) is 1.22. The van der Waals surface area contributed by atoms with Crippen molar-refractivity contribution in [2.45, 2.75) is 0 Å². The molecule has 0 saturated heterocycles. The van der Waals surface area contributed by atoms with Gasteiger partial charge in [-0.05, 0) is 23.8 Å². The Morgan fingerprint density at radius 3 is 2.78 bits per heavy atom. The van der Waals surface area contributed by atoms with Gasteiger partial charge in [0.05, 0.1) is 6.20 Å². The predicted molar refractivity (Wildman–Crippen MR) is 35.5 cm³/mol. The molecule has 4 nitrogen and oxygen atoms in total. The van der Waals surface area contributed by atoms with Gasteiger partial charge in [-0.3, -0.25) is 0 Å². The number of hydrogen-bond donors (Lipinski definition) is 1. The molecule has 1 N–H and O–H groups in total. The first-order chi connectivity index (χ1) is 4.20. The van der Waals surface area contributed by atoms with Crippen molar-refractivity contribution in [1.82, 2.24) is 15.0 Å². The topological polar surface area (TPSA) is 50.9 Å². The molecule has 0 bridgehead atoms. The van der Waals surface area contributed by atoms with Crippen molar-refractivity contribution >= 4 is 28.3 Å².